The van der Waals surface area contributed by atoms with Gasteiger partial charge in [0.05, 0.1) is 12.6 Å². The van der Waals surface area contributed by atoms with Crippen LogP contribution in [0.25, 0.3) is 10.9 Å². The van der Waals surface area contributed by atoms with E-state index in [1.165, 1.54) is 0 Å². The average Bonchev–Trinajstić information content (AvgIpc) is 3.65. The van der Waals surface area contributed by atoms with Gasteiger partial charge in [0.25, 0.3) is 0 Å². The van der Waals surface area contributed by atoms with Gasteiger partial charge < -0.3 is 24.3 Å². The first-order chi connectivity index (χ1) is 17.7. The zero-order valence-electron chi connectivity index (χ0n) is 19.6. The van der Waals surface area contributed by atoms with Crippen molar-refractivity contribution in [2.24, 2.45) is 0 Å². The fourth-order valence-corrected chi connectivity index (χ4v) is 5.80. The number of nitrogens with one attached hydrogen (secondary N) is 1. The van der Waals surface area contributed by atoms with Gasteiger partial charge in [0.1, 0.15) is 6.04 Å². The molecule has 5 heterocycles. The van der Waals surface area contributed by atoms with Crippen LogP contribution in [-0.2, 0) is 22.6 Å². The monoisotopic (exact) mass is 483 g/mol. The Morgan fingerprint density at radius 1 is 1.03 bits per heavy atom. The van der Waals surface area contributed by atoms with Crippen LogP contribution in [0.3, 0.4) is 0 Å². The molecule has 4 aromatic rings. The Morgan fingerprint density at radius 3 is 2.81 bits per heavy atom. The van der Waals surface area contributed by atoms with Crippen LogP contribution in [0, 0.1) is 0 Å². The van der Waals surface area contributed by atoms with Gasteiger partial charge in [0.2, 0.25) is 18.6 Å². The highest BCUT2D eigenvalue weighted by Gasteiger charge is 2.48. The number of hydrogen-bond acceptors (Lipinski definition) is 5. The van der Waals surface area contributed by atoms with Crippen LogP contribution in [0.4, 0.5) is 0 Å². The maximum absolute atomic E-state index is 13.8. The second-order valence-electron chi connectivity index (χ2n) is 9.48. The Kier molecular flexibility index (Phi) is 4.77. The average molecular weight is 484 g/mol. The van der Waals surface area contributed by atoms with Crippen molar-refractivity contribution in [2.45, 2.75) is 31.5 Å². The lowest BCUT2D eigenvalue weighted by Gasteiger charge is -2.47. The summed E-state index contributed by atoms with van der Waals surface area (Å²) in [6.45, 7) is 1.47. The van der Waals surface area contributed by atoms with Crippen LogP contribution < -0.4 is 9.47 Å². The number of benzene rings is 2. The lowest BCUT2D eigenvalue weighted by atomic mass is 9.86. The first kappa shape index (κ1) is 21.0. The minimum atomic E-state index is -0.557. The minimum Gasteiger partial charge on any atom is -0.454 e. The van der Waals surface area contributed by atoms with Crippen molar-refractivity contribution in [2.75, 3.05) is 19.9 Å². The second kappa shape index (κ2) is 8.15. The van der Waals surface area contributed by atoms with Gasteiger partial charge >= 0.3 is 0 Å². The standard InChI is InChI=1S/C27H25N5O4/c33-24-15-30(10-4-12-31-11-3-9-28-31)27(34)21-14-19-18-5-1-2-6-20(18)29-25(19)26(32(21)24)17-7-8-22-23(13-17)36-16-35-22/h1-3,5-9,11,13,21,26,29H,4,10,12,14-16H2/t21-,26-/m1/s1. The van der Waals surface area contributed by atoms with Gasteiger partial charge in [-0.05, 0) is 41.8 Å². The van der Waals surface area contributed by atoms with E-state index in [-0.39, 0.29) is 25.2 Å². The quantitative estimate of drug-likeness (QED) is 0.471. The van der Waals surface area contributed by atoms with E-state index in [2.05, 4.69) is 16.1 Å². The molecule has 2 aromatic carbocycles. The summed E-state index contributed by atoms with van der Waals surface area (Å²) in [5.74, 6) is 1.29. The first-order valence-corrected chi connectivity index (χ1v) is 12.2. The first-order valence-electron chi connectivity index (χ1n) is 12.2. The van der Waals surface area contributed by atoms with E-state index in [1.807, 2.05) is 53.3 Å². The molecule has 1 N–H and O–H groups in total. The molecule has 0 saturated carbocycles. The Hall–Kier alpha value is -4.27. The number of aromatic nitrogens is 3. The number of rotatable bonds is 5. The fourth-order valence-electron chi connectivity index (χ4n) is 5.80. The smallest absolute Gasteiger partial charge is 0.246 e. The molecule has 0 spiro atoms. The van der Waals surface area contributed by atoms with Crippen molar-refractivity contribution < 1.29 is 19.1 Å². The molecule has 2 atom stereocenters. The topological polar surface area (TPSA) is 92.7 Å². The molecule has 0 bridgehead atoms. The molecule has 1 saturated heterocycles. The van der Waals surface area contributed by atoms with Crippen LogP contribution in [0.1, 0.15) is 29.3 Å². The third-order valence-corrected chi connectivity index (χ3v) is 7.43. The Balaban J connectivity index is 1.27. The van der Waals surface area contributed by atoms with Crippen LogP contribution >= 0.6 is 0 Å². The number of piperazine rings is 1. The second-order valence-corrected chi connectivity index (χ2v) is 9.48. The van der Waals surface area contributed by atoms with Gasteiger partial charge in [-0.3, -0.25) is 14.3 Å². The van der Waals surface area contributed by atoms with E-state index in [0.717, 1.165) is 34.1 Å². The molecule has 9 heteroatoms. The van der Waals surface area contributed by atoms with E-state index >= 15 is 0 Å². The third-order valence-electron chi connectivity index (χ3n) is 7.43. The van der Waals surface area contributed by atoms with Gasteiger partial charge in [-0.1, -0.05) is 24.3 Å². The minimum absolute atomic E-state index is 0.00302. The zero-order valence-corrected chi connectivity index (χ0v) is 19.6. The van der Waals surface area contributed by atoms with Crippen LogP contribution in [0.2, 0.25) is 0 Å². The molecule has 7 rings (SSSR count). The van der Waals surface area contributed by atoms with Crippen molar-refractivity contribution >= 4 is 22.7 Å². The molecule has 0 radical (unpaired) electrons. The molecule has 0 aliphatic carbocycles. The van der Waals surface area contributed by atoms with E-state index in [4.69, 9.17) is 9.47 Å². The van der Waals surface area contributed by atoms with Crippen molar-refractivity contribution in [3.05, 3.63) is 77.7 Å². The molecular formula is C27H25N5O4. The van der Waals surface area contributed by atoms with E-state index in [9.17, 15) is 9.59 Å². The van der Waals surface area contributed by atoms with E-state index < -0.39 is 12.1 Å². The summed E-state index contributed by atoms with van der Waals surface area (Å²) in [6, 6.07) is 14.8. The number of carbonyl (C=O) groups excluding carboxylic acids is 2. The Labute approximate surface area is 207 Å². The van der Waals surface area contributed by atoms with Crippen LogP contribution in [-0.4, -0.2) is 62.3 Å². The number of nitrogens with zero attached hydrogens (tertiary/aromatic N) is 4. The summed E-state index contributed by atoms with van der Waals surface area (Å²) in [4.78, 5) is 34.5. The maximum atomic E-state index is 13.8. The fraction of sp³-hybridized carbons (Fsp3) is 0.296. The molecular weight excluding hydrogens is 458 g/mol. The van der Waals surface area contributed by atoms with Crippen LogP contribution in [0.5, 0.6) is 11.5 Å². The van der Waals surface area contributed by atoms with Crippen LogP contribution in [0.15, 0.2) is 60.9 Å². The predicted molar refractivity (Wildman–Crippen MR) is 130 cm³/mol. The van der Waals surface area contributed by atoms with Gasteiger partial charge in [-0.25, -0.2) is 0 Å². The summed E-state index contributed by atoms with van der Waals surface area (Å²) in [6.07, 6.45) is 4.86. The van der Waals surface area contributed by atoms with Gasteiger partial charge in [-0.15, -0.1) is 0 Å². The molecule has 2 amide bonds. The van der Waals surface area contributed by atoms with E-state index in [0.29, 0.717) is 31.0 Å². The number of aryl methyl sites for hydroxylation is 1. The highest BCUT2D eigenvalue weighted by atomic mass is 16.7. The van der Waals surface area contributed by atoms with Crippen molar-refractivity contribution in [1.82, 2.24) is 24.6 Å². The van der Waals surface area contributed by atoms with Crippen molar-refractivity contribution in [3.63, 3.8) is 0 Å². The number of hydrogen-bond donors (Lipinski definition) is 1. The van der Waals surface area contributed by atoms with Gasteiger partial charge in [-0.2, -0.15) is 5.10 Å². The normalized spacial score (nSPS) is 20.7. The lowest BCUT2D eigenvalue weighted by Crippen LogP contribution is -2.63. The molecule has 1 fully saturated rings. The molecule has 0 unspecified atom stereocenters. The summed E-state index contributed by atoms with van der Waals surface area (Å²) in [5, 5.41) is 5.32. The lowest BCUT2D eigenvalue weighted by molar-refractivity contribution is -0.158. The molecule has 36 heavy (non-hydrogen) atoms. The highest BCUT2D eigenvalue weighted by Crippen LogP contribution is 2.44. The predicted octanol–water partition coefficient (Wildman–Crippen LogP) is 2.87. The van der Waals surface area contributed by atoms with E-state index in [1.54, 1.807) is 16.0 Å². The number of H-pyrrole nitrogens is 1. The Bertz CT molecular complexity index is 1480. The number of para-hydroxylation sites is 1. The number of carbonyl (C=O) groups is 2. The molecule has 9 nitrogen and oxygen atoms in total. The number of fused-ring (bicyclic) bond motifs is 5. The largest absolute Gasteiger partial charge is 0.454 e. The summed E-state index contributed by atoms with van der Waals surface area (Å²) >= 11 is 0. The number of amides is 2. The van der Waals surface area contributed by atoms with Crippen molar-refractivity contribution in [3.8, 4) is 11.5 Å². The van der Waals surface area contributed by atoms with Gasteiger partial charge in [0.15, 0.2) is 11.5 Å². The molecule has 182 valence electrons. The Morgan fingerprint density at radius 2 is 1.92 bits per heavy atom. The van der Waals surface area contributed by atoms with Gasteiger partial charge in [0, 0.05) is 48.5 Å². The van der Waals surface area contributed by atoms with Crippen molar-refractivity contribution in [1.29, 1.82) is 0 Å². The molecule has 2 aromatic heterocycles. The summed E-state index contributed by atoms with van der Waals surface area (Å²) < 4.78 is 13.0. The maximum Gasteiger partial charge on any atom is 0.246 e. The summed E-state index contributed by atoms with van der Waals surface area (Å²) in [5.41, 5.74) is 3.95. The molecule has 3 aliphatic heterocycles. The number of aromatic amines is 1. The highest BCUT2D eigenvalue weighted by molar-refractivity contribution is 5.97. The summed E-state index contributed by atoms with van der Waals surface area (Å²) in [7, 11) is 0. The SMILES string of the molecule is O=C1[C@H]2Cc3c([nH]c4ccccc34)[C@@H](c3ccc4c(c3)OCO4)N2C(=O)CN1CCCn1cccn1. The zero-order chi connectivity index (χ0) is 24.2. The third kappa shape index (κ3) is 3.26. The number of ether oxygens (including phenoxy) is 2. The molecule has 3 aliphatic rings.